The average molecular weight is 601 g/mol. The lowest BCUT2D eigenvalue weighted by molar-refractivity contribution is 1.14. The third-order valence-electron chi connectivity index (χ3n) is 9.02. The quantitative estimate of drug-likeness (QED) is 0.163. The van der Waals surface area contributed by atoms with Crippen LogP contribution in [0.2, 0.25) is 0 Å². The Kier molecular flexibility index (Phi) is 9.08. The zero-order chi connectivity index (χ0) is 32.2. The van der Waals surface area contributed by atoms with Gasteiger partial charge in [-0.25, -0.2) is 0 Å². The normalized spacial score (nSPS) is 11.0. The monoisotopic (exact) mass is 600 g/mol. The van der Waals surface area contributed by atoms with Crippen LogP contribution in [0.3, 0.4) is 0 Å². The zero-order valence-corrected chi connectivity index (χ0v) is 28.0. The highest BCUT2D eigenvalue weighted by Gasteiger charge is 2.17. The summed E-state index contributed by atoms with van der Waals surface area (Å²) in [5, 5.41) is 0. The summed E-state index contributed by atoms with van der Waals surface area (Å²) < 4.78 is 0. The van der Waals surface area contributed by atoms with Crippen molar-refractivity contribution in [2.24, 2.45) is 0 Å². The molecule has 0 heterocycles. The number of nitrogens with zero attached hydrogens (tertiary/aromatic N) is 2. The summed E-state index contributed by atoms with van der Waals surface area (Å²) in [6.07, 6.45) is 2.06. The Bertz CT molecular complexity index is 1770. The van der Waals surface area contributed by atoms with E-state index in [0.717, 1.165) is 47.0 Å². The van der Waals surface area contributed by atoms with Crippen LogP contribution in [0, 0.1) is 27.7 Å². The van der Waals surface area contributed by atoms with Crippen LogP contribution in [0.15, 0.2) is 133 Å². The van der Waals surface area contributed by atoms with Gasteiger partial charge in [0.05, 0.1) is 0 Å². The fourth-order valence-electron chi connectivity index (χ4n) is 6.22. The SMILES string of the molecule is CCc1ccc(N(c2ccc(C)cc2)c2ccc(-c3ccc(N(c4ccc(C)cc4)c4ccc(CC)cc4)cc3C)c(C)c2)cc1. The molecule has 0 amide bonds. The Morgan fingerprint density at radius 3 is 0.913 bits per heavy atom. The highest BCUT2D eigenvalue weighted by molar-refractivity contribution is 5.83. The summed E-state index contributed by atoms with van der Waals surface area (Å²) >= 11 is 0. The Hall–Kier alpha value is -5.08. The molecular formula is C44H44N2. The second-order valence-corrected chi connectivity index (χ2v) is 12.4. The minimum Gasteiger partial charge on any atom is -0.310 e. The minimum atomic E-state index is 1.03. The van der Waals surface area contributed by atoms with Crippen LogP contribution in [0.5, 0.6) is 0 Å². The first-order valence-corrected chi connectivity index (χ1v) is 16.5. The molecule has 0 bridgehead atoms. The minimum absolute atomic E-state index is 1.03. The smallest absolute Gasteiger partial charge is 0.0464 e. The maximum Gasteiger partial charge on any atom is 0.0464 e. The number of rotatable bonds is 9. The molecule has 0 fully saturated rings. The van der Waals surface area contributed by atoms with Gasteiger partial charge in [0.1, 0.15) is 0 Å². The molecule has 0 unspecified atom stereocenters. The van der Waals surface area contributed by atoms with Gasteiger partial charge in [-0.15, -0.1) is 0 Å². The Balaban J connectivity index is 1.37. The van der Waals surface area contributed by atoms with Gasteiger partial charge in [-0.3, -0.25) is 0 Å². The van der Waals surface area contributed by atoms with Crippen LogP contribution in [-0.4, -0.2) is 0 Å². The molecule has 2 nitrogen and oxygen atoms in total. The van der Waals surface area contributed by atoms with Gasteiger partial charge >= 0.3 is 0 Å². The Labute approximate surface area is 275 Å². The van der Waals surface area contributed by atoms with Crippen molar-refractivity contribution in [1.29, 1.82) is 0 Å². The van der Waals surface area contributed by atoms with Gasteiger partial charge in [-0.1, -0.05) is 85.6 Å². The highest BCUT2D eigenvalue weighted by Crippen LogP contribution is 2.40. The third kappa shape index (κ3) is 6.48. The molecule has 6 aromatic rings. The van der Waals surface area contributed by atoms with Crippen LogP contribution < -0.4 is 9.80 Å². The first-order valence-electron chi connectivity index (χ1n) is 16.5. The van der Waals surface area contributed by atoms with E-state index in [1.807, 2.05) is 0 Å². The van der Waals surface area contributed by atoms with Gasteiger partial charge in [0.2, 0.25) is 0 Å². The van der Waals surface area contributed by atoms with Crippen molar-refractivity contribution in [1.82, 2.24) is 0 Å². The second-order valence-electron chi connectivity index (χ2n) is 12.4. The van der Waals surface area contributed by atoms with E-state index in [9.17, 15) is 0 Å². The number of hydrogen-bond acceptors (Lipinski definition) is 2. The number of benzene rings is 6. The van der Waals surface area contributed by atoms with E-state index in [4.69, 9.17) is 0 Å². The van der Waals surface area contributed by atoms with E-state index in [2.05, 4.69) is 185 Å². The summed E-state index contributed by atoms with van der Waals surface area (Å²) in [6, 6.07) is 49.2. The Morgan fingerprint density at radius 2 is 0.630 bits per heavy atom. The predicted molar refractivity (Wildman–Crippen MR) is 199 cm³/mol. The maximum absolute atomic E-state index is 2.36. The summed E-state index contributed by atoms with van der Waals surface area (Å²) in [5.41, 5.74) is 17.2. The molecule has 0 saturated carbocycles. The highest BCUT2D eigenvalue weighted by atomic mass is 15.1. The summed E-state index contributed by atoms with van der Waals surface area (Å²) in [7, 11) is 0. The molecule has 0 N–H and O–H groups in total. The molecule has 0 aliphatic heterocycles. The summed E-state index contributed by atoms with van der Waals surface area (Å²) in [5.74, 6) is 0. The second kappa shape index (κ2) is 13.5. The molecule has 46 heavy (non-hydrogen) atoms. The molecular weight excluding hydrogens is 556 g/mol. The van der Waals surface area contributed by atoms with E-state index >= 15 is 0 Å². The molecule has 0 radical (unpaired) electrons. The molecule has 0 aliphatic carbocycles. The van der Waals surface area contributed by atoms with E-state index in [-0.39, 0.29) is 0 Å². The third-order valence-corrected chi connectivity index (χ3v) is 9.02. The molecule has 6 aromatic carbocycles. The van der Waals surface area contributed by atoms with E-state index in [1.54, 1.807) is 0 Å². The molecule has 0 atom stereocenters. The first-order chi connectivity index (χ1) is 22.3. The summed E-state index contributed by atoms with van der Waals surface area (Å²) in [6.45, 7) is 13.1. The zero-order valence-electron chi connectivity index (χ0n) is 28.0. The molecule has 230 valence electrons. The predicted octanol–water partition coefficient (Wildman–Crippen LogP) is 12.7. The number of anilines is 6. The van der Waals surface area contributed by atoms with E-state index in [1.165, 1.54) is 44.5 Å². The van der Waals surface area contributed by atoms with Crippen molar-refractivity contribution in [2.75, 3.05) is 9.80 Å². The first kappa shape index (κ1) is 30.9. The Morgan fingerprint density at radius 1 is 0.348 bits per heavy atom. The lowest BCUT2D eigenvalue weighted by atomic mass is 9.95. The fourth-order valence-corrected chi connectivity index (χ4v) is 6.22. The van der Waals surface area contributed by atoms with Crippen LogP contribution in [-0.2, 0) is 12.8 Å². The lowest BCUT2D eigenvalue weighted by Crippen LogP contribution is -2.11. The number of hydrogen-bond donors (Lipinski definition) is 0. The van der Waals surface area contributed by atoms with E-state index in [0.29, 0.717) is 0 Å². The van der Waals surface area contributed by atoms with E-state index < -0.39 is 0 Å². The van der Waals surface area contributed by atoms with Crippen molar-refractivity contribution in [2.45, 2.75) is 54.4 Å². The molecule has 0 spiro atoms. The molecule has 2 heteroatoms. The van der Waals surface area contributed by atoms with Crippen LogP contribution in [0.25, 0.3) is 11.1 Å². The average Bonchev–Trinajstić information content (AvgIpc) is 3.08. The van der Waals surface area contributed by atoms with Crippen molar-refractivity contribution >= 4 is 34.1 Å². The molecule has 0 aromatic heterocycles. The van der Waals surface area contributed by atoms with Gasteiger partial charge in [0.25, 0.3) is 0 Å². The summed E-state index contributed by atoms with van der Waals surface area (Å²) in [4.78, 5) is 4.71. The fraction of sp³-hybridized carbons (Fsp3) is 0.182. The topological polar surface area (TPSA) is 6.48 Å². The van der Waals surface area contributed by atoms with Crippen LogP contribution in [0.4, 0.5) is 34.1 Å². The lowest BCUT2D eigenvalue weighted by Gasteiger charge is -2.27. The van der Waals surface area contributed by atoms with Crippen molar-refractivity contribution in [3.63, 3.8) is 0 Å². The van der Waals surface area contributed by atoms with Crippen LogP contribution >= 0.6 is 0 Å². The molecule has 6 rings (SSSR count). The van der Waals surface area contributed by atoms with Gasteiger partial charge in [0.15, 0.2) is 0 Å². The largest absolute Gasteiger partial charge is 0.310 e. The van der Waals surface area contributed by atoms with Crippen molar-refractivity contribution in [3.8, 4) is 11.1 Å². The molecule has 0 saturated heterocycles. The van der Waals surface area contributed by atoms with Crippen molar-refractivity contribution in [3.05, 3.63) is 167 Å². The van der Waals surface area contributed by atoms with Crippen LogP contribution in [0.1, 0.15) is 47.2 Å². The number of aryl methyl sites for hydroxylation is 6. The van der Waals surface area contributed by atoms with Gasteiger partial charge < -0.3 is 9.80 Å². The van der Waals surface area contributed by atoms with Gasteiger partial charge in [0, 0.05) is 34.1 Å². The maximum atomic E-state index is 2.36. The molecule has 0 aliphatic rings. The van der Waals surface area contributed by atoms with Gasteiger partial charge in [-0.05, 0) is 147 Å². The standard InChI is InChI=1S/C44H44N2/c1-7-35-13-21-39(22-14-35)45(37-17-9-31(3)10-18-37)41-25-27-43(33(5)29-41)44-28-26-42(30-34(44)6)46(38-19-11-32(4)12-20-38)40-23-15-36(8-2)16-24-40/h9-30H,7-8H2,1-6H3. The van der Waals surface area contributed by atoms with Gasteiger partial charge in [-0.2, -0.15) is 0 Å². The van der Waals surface area contributed by atoms with Crippen molar-refractivity contribution < 1.29 is 0 Å².